The molecular formula is C17H24N2OS. The third-order valence-corrected chi connectivity index (χ3v) is 6.83. The van der Waals surface area contributed by atoms with E-state index in [0.717, 1.165) is 31.4 Å². The summed E-state index contributed by atoms with van der Waals surface area (Å²) in [4.78, 5) is 17.3. The highest BCUT2D eigenvalue weighted by molar-refractivity contribution is 8.01. The van der Waals surface area contributed by atoms with Crippen LogP contribution in [0.25, 0.3) is 0 Å². The minimum Gasteiger partial charge on any atom is -0.353 e. The Morgan fingerprint density at radius 2 is 2.33 bits per heavy atom. The number of carbonyl (C=O) groups excluding carboxylic acids is 1. The summed E-state index contributed by atoms with van der Waals surface area (Å²) in [6, 6.07) is 0.317. The van der Waals surface area contributed by atoms with Gasteiger partial charge in [-0.2, -0.15) is 0 Å². The Morgan fingerprint density at radius 1 is 1.52 bits per heavy atom. The van der Waals surface area contributed by atoms with E-state index in [2.05, 4.69) is 42.4 Å². The van der Waals surface area contributed by atoms with Crippen molar-refractivity contribution in [1.29, 1.82) is 0 Å². The molecule has 2 heterocycles. The van der Waals surface area contributed by atoms with Gasteiger partial charge in [-0.05, 0) is 37.7 Å². The highest BCUT2D eigenvalue weighted by Crippen LogP contribution is 2.57. The van der Waals surface area contributed by atoms with Gasteiger partial charge in [0.15, 0.2) is 0 Å². The lowest BCUT2D eigenvalue weighted by molar-refractivity contribution is -0.126. The van der Waals surface area contributed by atoms with Crippen LogP contribution in [0.5, 0.6) is 0 Å². The van der Waals surface area contributed by atoms with Gasteiger partial charge in [-0.25, -0.2) is 0 Å². The maximum Gasteiger partial charge on any atom is 0.224 e. The molecule has 0 saturated carbocycles. The number of rotatable bonds is 4. The zero-order chi connectivity index (χ0) is 14.9. The Labute approximate surface area is 131 Å². The van der Waals surface area contributed by atoms with E-state index < -0.39 is 0 Å². The molecule has 1 saturated heterocycles. The molecule has 0 aromatic heterocycles. The molecule has 3 unspecified atom stereocenters. The van der Waals surface area contributed by atoms with Crippen LogP contribution in [-0.4, -0.2) is 28.7 Å². The van der Waals surface area contributed by atoms with Gasteiger partial charge < -0.3 is 5.32 Å². The first-order chi connectivity index (χ1) is 10.2. The van der Waals surface area contributed by atoms with E-state index in [4.69, 9.17) is 0 Å². The lowest BCUT2D eigenvalue weighted by atomic mass is 9.73. The van der Waals surface area contributed by atoms with Crippen LogP contribution in [0, 0.1) is 11.8 Å². The predicted octanol–water partition coefficient (Wildman–Crippen LogP) is 3.33. The standard InChI is InChI=1S/C17H24N2OS/c1-3-12(4-2)19-16(20)13-11-21-17-9-6-5-7-15(17)18-10-8-14(13)17/h5-7,10,12-14H,3-4,8-9,11H2,1-2H3,(H,19,20). The number of amides is 1. The average Bonchev–Trinajstić information content (AvgIpc) is 2.90. The molecule has 3 nitrogen and oxygen atoms in total. The van der Waals surface area contributed by atoms with Gasteiger partial charge >= 0.3 is 0 Å². The van der Waals surface area contributed by atoms with Crippen LogP contribution in [0.4, 0.5) is 0 Å². The highest BCUT2D eigenvalue weighted by Gasteiger charge is 2.54. The van der Waals surface area contributed by atoms with Crippen LogP contribution in [0.3, 0.4) is 0 Å². The molecule has 114 valence electrons. The molecule has 0 bridgehead atoms. The molecule has 1 N–H and O–H groups in total. The fourth-order valence-corrected chi connectivity index (χ4v) is 5.56. The second-order valence-electron chi connectivity index (χ2n) is 6.17. The lowest BCUT2D eigenvalue weighted by Crippen LogP contribution is -2.45. The first-order valence-electron chi connectivity index (χ1n) is 8.05. The fraction of sp³-hybridized carbons (Fsp3) is 0.647. The number of nitrogens with zero attached hydrogens (tertiary/aromatic N) is 1. The smallest absolute Gasteiger partial charge is 0.224 e. The summed E-state index contributed by atoms with van der Waals surface area (Å²) in [5, 5.41) is 3.25. The first kappa shape index (κ1) is 14.9. The summed E-state index contributed by atoms with van der Waals surface area (Å²) < 4.78 is 0.0550. The predicted molar refractivity (Wildman–Crippen MR) is 89.6 cm³/mol. The SMILES string of the molecule is CCC(CC)NC(=O)C1CSC23CC=CC=C2N=CCC13. The van der Waals surface area contributed by atoms with E-state index >= 15 is 0 Å². The van der Waals surface area contributed by atoms with E-state index in [1.54, 1.807) is 0 Å². The van der Waals surface area contributed by atoms with E-state index in [0.29, 0.717) is 12.0 Å². The molecular weight excluding hydrogens is 280 g/mol. The van der Waals surface area contributed by atoms with Crippen LogP contribution in [0.1, 0.15) is 39.5 Å². The monoisotopic (exact) mass is 304 g/mol. The number of aliphatic imine (C=N–C) groups is 1. The van der Waals surface area contributed by atoms with Crippen molar-refractivity contribution < 1.29 is 4.79 Å². The van der Waals surface area contributed by atoms with E-state index in [1.165, 1.54) is 5.70 Å². The van der Waals surface area contributed by atoms with Gasteiger partial charge in [0.05, 0.1) is 16.4 Å². The maximum atomic E-state index is 12.7. The van der Waals surface area contributed by atoms with Crippen molar-refractivity contribution in [3.63, 3.8) is 0 Å². The Balaban J connectivity index is 1.79. The summed E-state index contributed by atoms with van der Waals surface area (Å²) >= 11 is 1.94. The highest BCUT2D eigenvalue weighted by atomic mass is 32.2. The van der Waals surface area contributed by atoms with Crippen LogP contribution in [0.2, 0.25) is 0 Å². The zero-order valence-corrected chi connectivity index (χ0v) is 13.7. The summed E-state index contributed by atoms with van der Waals surface area (Å²) in [5.74, 6) is 1.69. The van der Waals surface area contributed by atoms with E-state index in [9.17, 15) is 4.79 Å². The second-order valence-corrected chi connectivity index (χ2v) is 7.52. The van der Waals surface area contributed by atoms with Gasteiger partial charge in [0, 0.05) is 18.0 Å². The van der Waals surface area contributed by atoms with Gasteiger partial charge in [0.1, 0.15) is 0 Å². The minimum absolute atomic E-state index is 0.0550. The van der Waals surface area contributed by atoms with Crippen molar-refractivity contribution >= 4 is 23.9 Å². The fourth-order valence-electron chi connectivity index (χ4n) is 3.74. The van der Waals surface area contributed by atoms with Crippen molar-refractivity contribution in [2.75, 3.05) is 5.75 Å². The largest absolute Gasteiger partial charge is 0.353 e. The normalized spacial score (nSPS) is 33.6. The second kappa shape index (κ2) is 5.99. The molecule has 1 aliphatic carbocycles. The molecule has 1 fully saturated rings. The van der Waals surface area contributed by atoms with Crippen LogP contribution < -0.4 is 5.32 Å². The summed E-state index contributed by atoms with van der Waals surface area (Å²) in [5.41, 5.74) is 1.17. The van der Waals surface area contributed by atoms with Crippen molar-refractivity contribution in [3.05, 3.63) is 23.9 Å². The average molecular weight is 304 g/mol. The topological polar surface area (TPSA) is 41.5 Å². The molecule has 21 heavy (non-hydrogen) atoms. The maximum absolute atomic E-state index is 12.7. The molecule has 3 atom stereocenters. The third kappa shape index (κ3) is 2.48. The molecule has 0 radical (unpaired) electrons. The number of hydrogen-bond acceptors (Lipinski definition) is 3. The number of allylic oxidation sites excluding steroid dienone is 3. The van der Waals surface area contributed by atoms with Crippen LogP contribution >= 0.6 is 11.8 Å². The summed E-state index contributed by atoms with van der Waals surface area (Å²) in [7, 11) is 0. The van der Waals surface area contributed by atoms with Gasteiger partial charge in [0.2, 0.25) is 5.91 Å². The summed E-state index contributed by atoms with van der Waals surface area (Å²) in [6.45, 7) is 4.28. The minimum atomic E-state index is 0.0550. The number of thioether (sulfide) groups is 1. The Morgan fingerprint density at radius 3 is 3.10 bits per heavy atom. The van der Waals surface area contributed by atoms with Crippen LogP contribution in [0.15, 0.2) is 28.9 Å². The first-order valence-corrected chi connectivity index (χ1v) is 9.04. The van der Waals surface area contributed by atoms with Crippen LogP contribution in [-0.2, 0) is 4.79 Å². The Kier molecular flexibility index (Phi) is 4.25. The third-order valence-electron chi connectivity index (χ3n) is 5.11. The van der Waals surface area contributed by atoms with E-state index in [-0.39, 0.29) is 16.6 Å². The van der Waals surface area contributed by atoms with Crippen molar-refractivity contribution in [3.8, 4) is 0 Å². The molecule has 3 rings (SSSR count). The van der Waals surface area contributed by atoms with Gasteiger partial charge in [-0.1, -0.05) is 26.0 Å². The molecule has 2 aliphatic heterocycles. The Bertz CT molecular complexity index is 507. The van der Waals surface area contributed by atoms with Crippen molar-refractivity contribution in [1.82, 2.24) is 5.32 Å². The van der Waals surface area contributed by atoms with Gasteiger partial charge in [-0.15, -0.1) is 11.8 Å². The van der Waals surface area contributed by atoms with E-state index in [1.807, 2.05) is 18.0 Å². The quantitative estimate of drug-likeness (QED) is 0.865. The van der Waals surface area contributed by atoms with Crippen molar-refractivity contribution in [2.24, 2.45) is 16.8 Å². The Hall–Kier alpha value is -1.03. The van der Waals surface area contributed by atoms with Crippen molar-refractivity contribution in [2.45, 2.75) is 50.3 Å². The molecule has 4 heteroatoms. The molecule has 3 aliphatic rings. The lowest BCUT2D eigenvalue weighted by Gasteiger charge is -2.39. The molecule has 0 aromatic rings. The molecule has 1 amide bonds. The summed E-state index contributed by atoms with van der Waals surface area (Å²) in [6.07, 6.45) is 12.4. The van der Waals surface area contributed by atoms with Gasteiger partial charge in [-0.3, -0.25) is 9.79 Å². The number of carbonyl (C=O) groups is 1. The van der Waals surface area contributed by atoms with Gasteiger partial charge in [0.25, 0.3) is 0 Å². The molecule has 1 spiro atoms. The zero-order valence-electron chi connectivity index (χ0n) is 12.8. The number of hydrogen-bond donors (Lipinski definition) is 1. The number of nitrogens with one attached hydrogen (secondary N) is 1. The molecule has 0 aromatic carbocycles.